The molecule has 2 atom stereocenters. The van der Waals surface area contributed by atoms with Gasteiger partial charge in [-0.3, -0.25) is 0 Å². The van der Waals surface area contributed by atoms with E-state index in [2.05, 4.69) is 4.98 Å². The lowest BCUT2D eigenvalue weighted by molar-refractivity contribution is -0.0934. The highest BCUT2D eigenvalue weighted by Gasteiger charge is 2.21. The zero-order valence-corrected chi connectivity index (χ0v) is 13.0. The predicted octanol–water partition coefficient (Wildman–Crippen LogP) is 3.54. The monoisotopic (exact) mass is 332 g/mol. The number of fused-ring (bicyclic) bond motifs is 1. The summed E-state index contributed by atoms with van der Waals surface area (Å²) in [6.07, 6.45) is -0.0749. The third-order valence-electron chi connectivity index (χ3n) is 3.45. The van der Waals surface area contributed by atoms with Crippen LogP contribution in [0.15, 0.2) is 12.1 Å². The molecule has 1 aromatic carbocycles. The first-order valence-electron chi connectivity index (χ1n) is 6.75. The fourth-order valence-corrected chi connectivity index (χ4v) is 2.80. The van der Waals surface area contributed by atoms with E-state index in [1.807, 2.05) is 11.5 Å². The largest absolute Gasteiger partial charge is 0.376 e. The van der Waals surface area contributed by atoms with Gasteiger partial charge in [-0.05, 0) is 13.0 Å². The number of aromatic nitrogens is 2. The maximum absolute atomic E-state index is 13.6. The molecule has 0 saturated carbocycles. The van der Waals surface area contributed by atoms with E-state index in [0.29, 0.717) is 37.7 Å². The predicted molar refractivity (Wildman–Crippen MR) is 79.5 cm³/mol. The number of halogens is 3. The number of nitrogens with zero attached hydrogens (tertiary/aromatic N) is 2. The minimum absolute atomic E-state index is 0.0678. The third-order valence-corrected chi connectivity index (χ3v) is 3.93. The topological polar surface area (TPSA) is 36.3 Å². The van der Waals surface area contributed by atoms with E-state index in [1.165, 1.54) is 6.07 Å². The third kappa shape index (κ3) is 3.01. The molecule has 21 heavy (non-hydrogen) atoms. The van der Waals surface area contributed by atoms with Crippen LogP contribution in [0, 0.1) is 5.82 Å². The molecule has 0 N–H and O–H groups in total. The van der Waals surface area contributed by atoms with Crippen LogP contribution in [-0.2, 0) is 16.0 Å². The molecule has 1 saturated heterocycles. The molecule has 1 aliphatic heterocycles. The van der Waals surface area contributed by atoms with Crippen molar-refractivity contribution in [2.24, 2.45) is 0 Å². The molecular weight excluding hydrogens is 318 g/mol. The molecule has 0 spiro atoms. The van der Waals surface area contributed by atoms with Gasteiger partial charge in [-0.2, -0.15) is 0 Å². The van der Waals surface area contributed by atoms with Gasteiger partial charge < -0.3 is 14.0 Å². The van der Waals surface area contributed by atoms with Crippen molar-refractivity contribution in [3.05, 3.63) is 28.8 Å². The molecular formula is C14H15Cl2FN2O2. The van der Waals surface area contributed by atoms with Crippen molar-refractivity contribution in [2.45, 2.75) is 24.9 Å². The van der Waals surface area contributed by atoms with E-state index < -0.39 is 5.82 Å². The van der Waals surface area contributed by atoms with Crippen LogP contribution in [0.2, 0.25) is 5.02 Å². The first-order valence-corrected chi connectivity index (χ1v) is 7.56. The summed E-state index contributed by atoms with van der Waals surface area (Å²) in [6, 6.07) is 2.90. The molecule has 2 aromatic rings. The highest BCUT2D eigenvalue weighted by molar-refractivity contribution is 6.31. The van der Waals surface area contributed by atoms with E-state index in [9.17, 15) is 4.39 Å². The normalized spacial score (nSPS) is 20.9. The summed E-state index contributed by atoms with van der Waals surface area (Å²) in [4.78, 5) is 4.42. The second-order valence-corrected chi connectivity index (χ2v) is 6.08. The average Bonchev–Trinajstić information content (AvgIpc) is 2.79. The Hall–Kier alpha value is -0.880. The van der Waals surface area contributed by atoms with Crippen molar-refractivity contribution in [2.75, 3.05) is 19.8 Å². The summed E-state index contributed by atoms with van der Waals surface area (Å²) in [5.41, 5.74) is 1.29. The number of ether oxygens (including phenoxy) is 2. The number of hydrogen-bond donors (Lipinski definition) is 0. The number of benzene rings is 1. The van der Waals surface area contributed by atoms with E-state index in [4.69, 9.17) is 32.7 Å². The van der Waals surface area contributed by atoms with Gasteiger partial charge in [-0.25, -0.2) is 9.37 Å². The summed E-state index contributed by atoms with van der Waals surface area (Å²) in [5, 5.41) is -0.234. The van der Waals surface area contributed by atoms with Crippen LogP contribution in [0.3, 0.4) is 0 Å². The second kappa shape index (κ2) is 6.08. The lowest BCUT2D eigenvalue weighted by Crippen LogP contribution is -2.32. The number of hydrogen-bond acceptors (Lipinski definition) is 3. The SMILES string of the molecule is CC(Cl)c1nc2cc(F)c(Cl)cc2n1CC1COCCO1. The molecule has 2 heterocycles. The van der Waals surface area contributed by atoms with Crippen molar-refractivity contribution >= 4 is 34.2 Å². The summed E-state index contributed by atoms with van der Waals surface area (Å²) >= 11 is 12.1. The molecule has 1 fully saturated rings. The summed E-state index contributed by atoms with van der Waals surface area (Å²) in [7, 11) is 0. The summed E-state index contributed by atoms with van der Waals surface area (Å²) in [5.74, 6) is 0.183. The Morgan fingerprint density at radius 2 is 2.29 bits per heavy atom. The molecule has 0 bridgehead atoms. The Morgan fingerprint density at radius 3 is 2.95 bits per heavy atom. The molecule has 114 valence electrons. The van der Waals surface area contributed by atoms with Crippen LogP contribution in [0.4, 0.5) is 4.39 Å². The molecule has 1 aromatic heterocycles. The van der Waals surface area contributed by atoms with Crippen molar-refractivity contribution in [3.63, 3.8) is 0 Å². The van der Waals surface area contributed by atoms with Crippen molar-refractivity contribution in [3.8, 4) is 0 Å². The van der Waals surface area contributed by atoms with Crippen molar-refractivity contribution in [1.29, 1.82) is 0 Å². The zero-order chi connectivity index (χ0) is 15.0. The number of alkyl halides is 1. The van der Waals surface area contributed by atoms with E-state index in [0.717, 1.165) is 5.52 Å². The second-order valence-electron chi connectivity index (χ2n) is 5.02. The smallest absolute Gasteiger partial charge is 0.144 e. The Bertz CT molecular complexity index is 654. The Labute approximate surface area is 131 Å². The molecule has 0 aliphatic carbocycles. The highest BCUT2D eigenvalue weighted by atomic mass is 35.5. The van der Waals surface area contributed by atoms with Gasteiger partial charge in [0, 0.05) is 6.07 Å². The maximum atomic E-state index is 13.6. The average molecular weight is 333 g/mol. The first kappa shape index (κ1) is 15.0. The summed E-state index contributed by atoms with van der Waals surface area (Å²) in [6.45, 7) is 4.07. The van der Waals surface area contributed by atoms with Crippen LogP contribution < -0.4 is 0 Å². The van der Waals surface area contributed by atoms with Gasteiger partial charge in [0.25, 0.3) is 0 Å². The highest BCUT2D eigenvalue weighted by Crippen LogP contribution is 2.28. The lowest BCUT2D eigenvalue weighted by Gasteiger charge is -2.24. The van der Waals surface area contributed by atoms with Gasteiger partial charge in [0.15, 0.2) is 0 Å². The van der Waals surface area contributed by atoms with Crippen LogP contribution in [-0.4, -0.2) is 35.5 Å². The minimum atomic E-state index is -0.486. The molecule has 3 rings (SSSR count). The van der Waals surface area contributed by atoms with Crippen molar-refractivity contribution in [1.82, 2.24) is 9.55 Å². The molecule has 0 radical (unpaired) electrons. The first-order chi connectivity index (χ1) is 10.1. The van der Waals surface area contributed by atoms with Gasteiger partial charge in [-0.15, -0.1) is 11.6 Å². The fourth-order valence-electron chi connectivity index (χ4n) is 2.48. The van der Waals surface area contributed by atoms with Gasteiger partial charge in [0.1, 0.15) is 11.6 Å². The molecule has 1 aliphatic rings. The van der Waals surface area contributed by atoms with Gasteiger partial charge in [0.2, 0.25) is 0 Å². The quantitative estimate of drug-likeness (QED) is 0.806. The Morgan fingerprint density at radius 1 is 1.48 bits per heavy atom. The standard InChI is InChI=1S/C14H15Cl2FN2O2/c1-8(15)14-18-12-5-11(17)10(16)4-13(12)19(14)6-9-7-20-2-3-21-9/h4-5,8-9H,2-3,6-7H2,1H3. The Balaban J connectivity index is 2.04. The maximum Gasteiger partial charge on any atom is 0.144 e. The van der Waals surface area contributed by atoms with Crippen molar-refractivity contribution < 1.29 is 13.9 Å². The van der Waals surface area contributed by atoms with Gasteiger partial charge >= 0.3 is 0 Å². The van der Waals surface area contributed by atoms with E-state index in [1.54, 1.807) is 6.07 Å². The van der Waals surface area contributed by atoms with E-state index >= 15 is 0 Å². The molecule has 4 nitrogen and oxygen atoms in total. The minimum Gasteiger partial charge on any atom is -0.376 e. The van der Waals surface area contributed by atoms with Crippen LogP contribution in [0.25, 0.3) is 11.0 Å². The zero-order valence-electron chi connectivity index (χ0n) is 11.5. The molecule has 7 heteroatoms. The number of imidazole rings is 1. The van der Waals surface area contributed by atoms with Gasteiger partial charge in [-0.1, -0.05) is 11.6 Å². The fraction of sp³-hybridized carbons (Fsp3) is 0.500. The van der Waals surface area contributed by atoms with Crippen LogP contribution in [0.1, 0.15) is 18.1 Å². The van der Waals surface area contributed by atoms with Crippen LogP contribution >= 0.6 is 23.2 Å². The van der Waals surface area contributed by atoms with E-state index in [-0.39, 0.29) is 16.5 Å². The Kier molecular flexibility index (Phi) is 4.36. The molecule has 2 unspecified atom stereocenters. The van der Waals surface area contributed by atoms with Crippen LogP contribution in [0.5, 0.6) is 0 Å². The summed E-state index contributed by atoms with van der Waals surface area (Å²) < 4.78 is 26.6. The lowest BCUT2D eigenvalue weighted by atomic mass is 10.3. The molecule has 0 amide bonds. The number of rotatable bonds is 3. The van der Waals surface area contributed by atoms with Gasteiger partial charge in [0.05, 0.1) is 53.9 Å².